The van der Waals surface area contributed by atoms with Crippen LogP contribution in [0, 0.1) is 0 Å². The number of carbonyl (C=O) groups is 3. The van der Waals surface area contributed by atoms with E-state index in [1.807, 2.05) is 0 Å². The fourth-order valence-corrected chi connectivity index (χ4v) is 3.51. The fourth-order valence-electron chi connectivity index (χ4n) is 2.91. The largest absolute Gasteiger partial charge is 0.497 e. The van der Waals surface area contributed by atoms with E-state index in [0.717, 1.165) is 4.90 Å². The first-order valence-corrected chi connectivity index (χ1v) is 9.52. The van der Waals surface area contributed by atoms with E-state index in [-0.39, 0.29) is 20.8 Å². The number of urea groups is 1. The van der Waals surface area contributed by atoms with Crippen molar-refractivity contribution in [3.63, 3.8) is 0 Å². The minimum absolute atomic E-state index is 0.174. The number of anilines is 1. The van der Waals surface area contributed by atoms with Crippen LogP contribution in [0.1, 0.15) is 12.5 Å². The van der Waals surface area contributed by atoms with Crippen molar-refractivity contribution in [2.24, 2.45) is 0 Å². The van der Waals surface area contributed by atoms with Crippen molar-refractivity contribution in [2.45, 2.75) is 12.5 Å². The molecule has 3 rings (SSSR count). The Hall–Kier alpha value is -2.48. The number of nitrogens with zero attached hydrogens (tertiary/aromatic N) is 1. The zero-order valence-electron chi connectivity index (χ0n) is 15.4. The molecule has 0 bridgehead atoms. The summed E-state index contributed by atoms with van der Waals surface area (Å²) in [4.78, 5) is 38.5. The normalized spacial score (nSPS) is 18.6. The number of hydrogen-bond acceptors (Lipinski definition) is 4. The molecule has 2 aromatic carbocycles. The third-order valence-electron chi connectivity index (χ3n) is 4.53. The highest BCUT2D eigenvalue weighted by molar-refractivity contribution is 6.44. The van der Waals surface area contributed by atoms with Gasteiger partial charge in [0.05, 0.1) is 27.9 Å². The summed E-state index contributed by atoms with van der Waals surface area (Å²) in [6.07, 6.45) is 0. The van der Waals surface area contributed by atoms with Crippen LogP contribution in [0.4, 0.5) is 10.5 Å². The predicted octanol–water partition coefficient (Wildman–Crippen LogP) is 4.06. The molecule has 1 aliphatic heterocycles. The maximum Gasteiger partial charge on any atom is 0.325 e. The third-order valence-corrected chi connectivity index (χ3v) is 5.56. The highest BCUT2D eigenvalue weighted by atomic mass is 35.5. The number of amides is 4. The molecule has 0 unspecified atom stereocenters. The van der Waals surface area contributed by atoms with Crippen LogP contribution in [0.15, 0.2) is 36.4 Å². The summed E-state index contributed by atoms with van der Waals surface area (Å²) in [6.45, 7) is 1.08. The lowest BCUT2D eigenvalue weighted by Gasteiger charge is -2.22. The molecule has 152 valence electrons. The summed E-state index contributed by atoms with van der Waals surface area (Å²) in [6, 6.07) is 8.81. The number of nitrogens with one attached hydrogen (secondary N) is 2. The number of imide groups is 1. The maximum absolute atomic E-state index is 12.9. The van der Waals surface area contributed by atoms with Gasteiger partial charge in [-0.25, -0.2) is 4.79 Å². The number of benzene rings is 2. The van der Waals surface area contributed by atoms with Gasteiger partial charge in [0.2, 0.25) is 5.91 Å². The number of methoxy groups -OCH3 is 1. The minimum Gasteiger partial charge on any atom is -0.497 e. The van der Waals surface area contributed by atoms with Gasteiger partial charge in [0.15, 0.2) is 0 Å². The molecule has 0 aliphatic carbocycles. The molecular weight excluding hydrogens is 441 g/mol. The van der Waals surface area contributed by atoms with E-state index in [2.05, 4.69) is 10.6 Å². The van der Waals surface area contributed by atoms with Crippen molar-refractivity contribution in [1.82, 2.24) is 10.2 Å². The number of ether oxygens (including phenoxy) is 1. The van der Waals surface area contributed by atoms with Gasteiger partial charge in [-0.15, -0.1) is 0 Å². The Labute approximate surface area is 181 Å². The Morgan fingerprint density at radius 3 is 2.34 bits per heavy atom. The third kappa shape index (κ3) is 4.12. The van der Waals surface area contributed by atoms with Gasteiger partial charge in [-0.2, -0.15) is 0 Å². The molecule has 1 saturated heterocycles. The summed E-state index contributed by atoms with van der Waals surface area (Å²) < 4.78 is 5.10. The van der Waals surface area contributed by atoms with Crippen molar-refractivity contribution < 1.29 is 19.1 Å². The molecule has 2 N–H and O–H groups in total. The van der Waals surface area contributed by atoms with Crippen LogP contribution >= 0.6 is 34.8 Å². The van der Waals surface area contributed by atoms with E-state index in [1.54, 1.807) is 31.2 Å². The standard InChI is InChI=1S/C19H16Cl3N3O4/c1-19(10-3-5-11(29-2)6-4-10)17(27)25(18(28)24-19)9-16(26)23-15-8-13(21)12(20)7-14(15)22/h3-8H,9H2,1-2H3,(H,23,26)(H,24,28)/t19-/m0/s1. The lowest BCUT2D eigenvalue weighted by atomic mass is 9.92. The van der Waals surface area contributed by atoms with Crippen LogP contribution in [0.25, 0.3) is 0 Å². The van der Waals surface area contributed by atoms with Gasteiger partial charge in [-0.05, 0) is 36.8 Å². The van der Waals surface area contributed by atoms with E-state index in [9.17, 15) is 14.4 Å². The molecular formula is C19H16Cl3N3O4. The van der Waals surface area contributed by atoms with Crippen LogP contribution in [-0.2, 0) is 15.1 Å². The van der Waals surface area contributed by atoms with Crippen LogP contribution in [0.2, 0.25) is 15.1 Å². The summed E-state index contributed by atoms with van der Waals surface area (Å²) in [5, 5.41) is 5.77. The van der Waals surface area contributed by atoms with Gasteiger partial charge in [-0.1, -0.05) is 46.9 Å². The first kappa shape index (κ1) is 21.2. The molecule has 4 amide bonds. The first-order valence-electron chi connectivity index (χ1n) is 8.38. The minimum atomic E-state index is -1.30. The van der Waals surface area contributed by atoms with Crippen molar-refractivity contribution >= 4 is 58.3 Å². The van der Waals surface area contributed by atoms with Crippen LogP contribution in [0.5, 0.6) is 5.75 Å². The van der Waals surface area contributed by atoms with Crippen molar-refractivity contribution in [3.8, 4) is 5.75 Å². The molecule has 0 saturated carbocycles. The Balaban J connectivity index is 1.76. The summed E-state index contributed by atoms with van der Waals surface area (Å²) in [5.74, 6) is -0.556. The molecule has 1 fully saturated rings. The molecule has 0 aromatic heterocycles. The Bertz CT molecular complexity index is 997. The highest BCUT2D eigenvalue weighted by Gasteiger charge is 2.49. The molecule has 1 aliphatic rings. The van der Waals surface area contributed by atoms with Crippen molar-refractivity contribution in [1.29, 1.82) is 0 Å². The van der Waals surface area contributed by atoms with E-state index in [0.29, 0.717) is 11.3 Å². The van der Waals surface area contributed by atoms with Crippen LogP contribution < -0.4 is 15.4 Å². The summed E-state index contributed by atoms with van der Waals surface area (Å²) in [7, 11) is 1.53. The monoisotopic (exact) mass is 455 g/mol. The van der Waals surface area contributed by atoms with Gasteiger partial charge in [0.1, 0.15) is 17.8 Å². The highest BCUT2D eigenvalue weighted by Crippen LogP contribution is 2.33. The number of halogens is 3. The molecule has 1 heterocycles. The van der Waals surface area contributed by atoms with E-state index < -0.39 is 29.9 Å². The average molecular weight is 457 g/mol. The zero-order valence-corrected chi connectivity index (χ0v) is 17.7. The smallest absolute Gasteiger partial charge is 0.325 e. The second kappa shape index (κ2) is 8.10. The van der Waals surface area contributed by atoms with Crippen LogP contribution in [0.3, 0.4) is 0 Å². The number of rotatable bonds is 5. The number of hydrogen-bond donors (Lipinski definition) is 2. The predicted molar refractivity (Wildman–Crippen MR) is 111 cm³/mol. The summed E-state index contributed by atoms with van der Waals surface area (Å²) in [5.41, 5.74) is -0.520. The van der Waals surface area contributed by atoms with Gasteiger partial charge >= 0.3 is 6.03 Å². The molecule has 1 atom stereocenters. The van der Waals surface area contributed by atoms with E-state index >= 15 is 0 Å². The quantitative estimate of drug-likeness (QED) is 0.525. The fraction of sp³-hybridized carbons (Fsp3) is 0.211. The average Bonchev–Trinajstić information content (AvgIpc) is 2.90. The Morgan fingerprint density at radius 1 is 1.10 bits per heavy atom. The van der Waals surface area contributed by atoms with Gasteiger partial charge in [-0.3, -0.25) is 14.5 Å². The lowest BCUT2D eigenvalue weighted by Crippen LogP contribution is -2.42. The Morgan fingerprint density at radius 2 is 1.72 bits per heavy atom. The molecule has 2 aromatic rings. The molecule has 0 radical (unpaired) electrons. The second-order valence-electron chi connectivity index (χ2n) is 6.47. The van der Waals surface area contributed by atoms with Crippen molar-refractivity contribution in [2.75, 3.05) is 19.0 Å². The summed E-state index contributed by atoms with van der Waals surface area (Å²) >= 11 is 17.8. The topological polar surface area (TPSA) is 87.7 Å². The molecule has 7 nitrogen and oxygen atoms in total. The van der Waals surface area contributed by atoms with E-state index in [1.165, 1.54) is 19.2 Å². The van der Waals surface area contributed by atoms with Crippen molar-refractivity contribution in [3.05, 3.63) is 57.0 Å². The van der Waals surface area contributed by atoms with Gasteiger partial charge in [0.25, 0.3) is 5.91 Å². The number of carbonyl (C=O) groups excluding carboxylic acids is 3. The van der Waals surface area contributed by atoms with Crippen LogP contribution in [-0.4, -0.2) is 36.4 Å². The maximum atomic E-state index is 12.9. The molecule has 29 heavy (non-hydrogen) atoms. The SMILES string of the molecule is COc1ccc([C@]2(C)NC(=O)N(CC(=O)Nc3cc(Cl)c(Cl)cc3Cl)C2=O)cc1. The van der Waals surface area contributed by atoms with Gasteiger partial charge in [0, 0.05) is 0 Å². The first-order chi connectivity index (χ1) is 13.7. The Kier molecular flexibility index (Phi) is 5.93. The van der Waals surface area contributed by atoms with Gasteiger partial charge < -0.3 is 15.4 Å². The zero-order chi connectivity index (χ0) is 21.3. The lowest BCUT2D eigenvalue weighted by molar-refractivity contribution is -0.133. The second-order valence-corrected chi connectivity index (χ2v) is 7.69. The molecule has 0 spiro atoms. The van der Waals surface area contributed by atoms with E-state index in [4.69, 9.17) is 39.5 Å². The molecule has 10 heteroatoms.